The first kappa shape index (κ1) is 11.7. The average Bonchev–Trinajstić information content (AvgIpc) is 3.00. The van der Waals surface area contributed by atoms with Gasteiger partial charge in [0.05, 0.1) is 5.56 Å². The van der Waals surface area contributed by atoms with Gasteiger partial charge in [0.15, 0.2) is 0 Å². The Hall–Kier alpha value is -1.42. The summed E-state index contributed by atoms with van der Waals surface area (Å²) in [6.07, 6.45) is 5.78. The Kier molecular flexibility index (Phi) is 2.82. The highest BCUT2D eigenvalue weighted by Gasteiger charge is 2.41. The Balaban J connectivity index is 1.74. The zero-order valence-electron chi connectivity index (χ0n) is 10.8. The van der Waals surface area contributed by atoms with Gasteiger partial charge in [-0.2, -0.15) is 0 Å². The van der Waals surface area contributed by atoms with Crippen molar-refractivity contribution >= 4 is 5.91 Å². The number of nitrogens with zero attached hydrogens (tertiary/aromatic N) is 2. The third-order valence-corrected chi connectivity index (χ3v) is 4.18. The second-order valence-electron chi connectivity index (χ2n) is 5.65. The molecule has 1 spiro atoms. The van der Waals surface area contributed by atoms with Crippen LogP contribution in [0.25, 0.3) is 0 Å². The molecule has 1 aromatic heterocycles. The van der Waals surface area contributed by atoms with Crippen molar-refractivity contribution in [3.8, 4) is 0 Å². The zero-order valence-corrected chi connectivity index (χ0v) is 10.8. The zero-order chi connectivity index (χ0) is 12.6. The van der Waals surface area contributed by atoms with E-state index >= 15 is 0 Å². The lowest BCUT2D eigenvalue weighted by Crippen LogP contribution is -2.33. The van der Waals surface area contributed by atoms with E-state index in [0.717, 1.165) is 43.7 Å². The fourth-order valence-corrected chi connectivity index (χ4v) is 3.11. The van der Waals surface area contributed by atoms with E-state index in [2.05, 4.69) is 10.3 Å². The summed E-state index contributed by atoms with van der Waals surface area (Å²) in [4.78, 5) is 18.5. The number of amides is 1. The molecule has 0 radical (unpaired) electrons. The van der Waals surface area contributed by atoms with E-state index in [1.54, 1.807) is 12.4 Å². The van der Waals surface area contributed by atoms with Crippen LogP contribution in [0.15, 0.2) is 18.5 Å². The van der Waals surface area contributed by atoms with Crippen molar-refractivity contribution in [2.75, 3.05) is 26.2 Å². The first-order chi connectivity index (χ1) is 8.69. The maximum atomic E-state index is 12.4. The molecule has 0 bridgehead atoms. The number of carbonyl (C=O) groups is 1. The molecule has 4 heteroatoms. The minimum absolute atomic E-state index is 0.134. The van der Waals surface area contributed by atoms with E-state index in [1.165, 1.54) is 6.42 Å². The van der Waals surface area contributed by atoms with Gasteiger partial charge in [-0.15, -0.1) is 0 Å². The molecular formula is C14H19N3O. The molecule has 1 atom stereocenters. The first-order valence-corrected chi connectivity index (χ1v) is 6.60. The van der Waals surface area contributed by atoms with Gasteiger partial charge < -0.3 is 10.2 Å². The Morgan fingerprint density at radius 3 is 3.06 bits per heavy atom. The van der Waals surface area contributed by atoms with Gasteiger partial charge in [-0.05, 0) is 37.9 Å². The van der Waals surface area contributed by atoms with E-state index < -0.39 is 0 Å². The lowest BCUT2D eigenvalue weighted by atomic mass is 9.86. The molecule has 2 aliphatic heterocycles. The molecule has 2 aliphatic rings. The molecule has 2 saturated heterocycles. The summed E-state index contributed by atoms with van der Waals surface area (Å²) < 4.78 is 0. The maximum absolute atomic E-state index is 12.4. The number of hydrogen-bond acceptors (Lipinski definition) is 3. The number of aromatic nitrogens is 1. The van der Waals surface area contributed by atoms with Gasteiger partial charge in [0.1, 0.15) is 0 Å². The van der Waals surface area contributed by atoms with Crippen molar-refractivity contribution < 1.29 is 4.79 Å². The Bertz CT molecular complexity index is 466. The third-order valence-electron chi connectivity index (χ3n) is 4.18. The van der Waals surface area contributed by atoms with Crippen molar-refractivity contribution in [1.29, 1.82) is 0 Å². The number of rotatable bonds is 1. The van der Waals surface area contributed by atoms with Crippen LogP contribution in [0.5, 0.6) is 0 Å². The van der Waals surface area contributed by atoms with E-state index in [1.807, 2.05) is 17.9 Å². The molecule has 1 N–H and O–H groups in total. The molecule has 2 fully saturated rings. The molecule has 1 aromatic rings. The van der Waals surface area contributed by atoms with Gasteiger partial charge in [-0.3, -0.25) is 9.78 Å². The lowest BCUT2D eigenvalue weighted by molar-refractivity contribution is 0.0775. The van der Waals surface area contributed by atoms with Gasteiger partial charge in [0, 0.05) is 37.4 Å². The largest absolute Gasteiger partial charge is 0.338 e. The summed E-state index contributed by atoms with van der Waals surface area (Å²) in [5, 5.41) is 3.41. The second-order valence-corrected chi connectivity index (χ2v) is 5.65. The predicted octanol–water partition coefficient (Wildman–Crippen LogP) is 1.22. The molecule has 18 heavy (non-hydrogen) atoms. The van der Waals surface area contributed by atoms with E-state index in [9.17, 15) is 4.79 Å². The van der Waals surface area contributed by atoms with Gasteiger partial charge in [0.25, 0.3) is 5.91 Å². The number of pyridine rings is 1. The minimum atomic E-state index is 0.134. The van der Waals surface area contributed by atoms with Crippen molar-refractivity contribution in [3.63, 3.8) is 0 Å². The van der Waals surface area contributed by atoms with Gasteiger partial charge in [0.2, 0.25) is 0 Å². The van der Waals surface area contributed by atoms with E-state index in [-0.39, 0.29) is 5.91 Å². The fraction of sp³-hybridized carbons (Fsp3) is 0.571. The first-order valence-electron chi connectivity index (χ1n) is 6.60. The fourth-order valence-electron chi connectivity index (χ4n) is 3.11. The molecule has 96 valence electrons. The van der Waals surface area contributed by atoms with Crippen LogP contribution in [0.2, 0.25) is 0 Å². The summed E-state index contributed by atoms with van der Waals surface area (Å²) in [7, 11) is 0. The second kappa shape index (κ2) is 4.35. The molecule has 4 nitrogen and oxygen atoms in total. The van der Waals surface area contributed by atoms with Crippen LogP contribution in [-0.2, 0) is 0 Å². The highest BCUT2D eigenvalue weighted by molar-refractivity contribution is 5.94. The lowest BCUT2D eigenvalue weighted by Gasteiger charge is -2.22. The Morgan fingerprint density at radius 2 is 2.33 bits per heavy atom. The summed E-state index contributed by atoms with van der Waals surface area (Å²) in [6, 6.07) is 1.92. The minimum Gasteiger partial charge on any atom is -0.338 e. The standard InChI is InChI=1S/C14H19N3O/c1-11-6-12(8-16-7-11)13(18)17-5-3-14(10-17)2-4-15-9-14/h6-8,15H,2-5,9-10H2,1H3. The topological polar surface area (TPSA) is 45.2 Å². The van der Waals surface area contributed by atoms with Gasteiger partial charge in [-0.1, -0.05) is 0 Å². The Labute approximate surface area is 107 Å². The van der Waals surface area contributed by atoms with Crippen LogP contribution >= 0.6 is 0 Å². The van der Waals surface area contributed by atoms with Crippen LogP contribution in [0.4, 0.5) is 0 Å². The summed E-state index contributed by atoms with van der Waals surface area (Å²) >= 11 is 0. The predicted molar refractivity (Wildman–Crippen MR) is 69.4 cm³/mol. The van der Waals surface area contributed by atoms with Gasteiger partial charge in [-0.25, -0.2) is 0 Å². The number of aryl methyl sites for hydroxylation is 1. The van der Waals surface area contributed by atoms with E-state index in [0.29, 0.717) is 5.41 Å². The van der Waals surface area contributed by atoms with Crippen LogP contribution in [0.3, 0.4) is 0 Å². The number of nitrogens with one attached hydrogen (secondary N) is 1. The molecule has 1 amide bonds. The molecule has 3 rings (SSSR count). The van der Waals surface area contributed by atoms with Crippen LogP contribution in [0, 0.1) is 12.3 Å². The van der Waals surface area contributed by atoms with Crippen molar-refractivity contribution in [1.82, 2.24) is 15.2 Å². The van der Waals surface area contributed by atoms with E-state index in [4.69, 9.17) is 0 Å². The van der Waals surface area contributed by atoms with Crippen LogP contribution < -0.4 is 5.32 Å². The smallest absolute Gasteiger partial charge is 0.255 e. The molecule has 1 unspecified atom stereocenters. The molecule has 0 aromatic carbocycles. The Morgan fingerprint density at radius 1 is 1.44 bits per heavy atom. The number of likely N-dealkylation sites (tertiary alicyclic amines) is 1. The monoisotopic (exact) mass is 245 g/mol. The number of hydrogen-bond donors (Lipinski definition) is 1. The van der Waals surface area contributed by atoms with Crippen LogP contribution in [0.1, 0.15) is 28.8 Å². The highest BCUT2D eigenvalue weighted by Crippen LogP contribution is 2.36. The van der Waals surface area contributed by atoms with Crippen LogP contribution in [-0.4, -0.2) is 42.0 Å². The number of carbonyl (C=O) groups excluding carboxylic acids is 1. The quantitative estimate of drug-likeness (QED) is 0.809. The highest BCUT2D eigenvalue weighted by atomic mass is 16.2. The SMILES string of the molecule is Cc1cncc(C(=O)N2CCC3(CCNC3)C2)c1. The molecule has 0 saturated carbocycles. The van der Waals surface area contributed by atoms with Crippen molar-refractivity contribution in [2.24, 2.45) is 5.41 Å². The molecular weight excluding hydrogens is 226 g/mol. The van der Waals surface area contributed by atoms with Gasteiger partial charge >= 0.3 is 0 Å². The maximum Gasteiger partial charge on any atom is 0.255 e. The van der Waals surface area contributed by atoms with Crippen molar-refractivity contribution in [3.05, 3.63) is 29.6 Å². The summed E-state index contributed by atoms with van der Waals surface area (Å²) in [5.74, 6) is 0.134. The summed E-state index contributed by atoms with van der Waals surface area (Å²) in [5.41, 5.74) is 2.10. The van der Waals surface area contributed by atoms with Crippen molar-refractivity contribution in [2.45, 2.75) is 19.8 Å². The summed E-state index contributed by atoms with van der Waals surface area (Å²) in [6.45, 7) is 5.90. The third kappa shape index (κ3) is 2.01. The molecule has 0 aliphatic carbocycles. The normalized spacial score (nSPS) is 27.1. The average molecular weight is 245 g/mol. The molecule has 3 heterocycles.